The van der Waals surface area contributed by atoms with E-state index in [0.29, 0.717) is 12.3 Å². The molecule has 0 saturated heterocycles. The summed E-state index contributed by atoms with van der Waals surface area (Å²) < 4.78 is 6.18. The van der Waals surface area contributed by atoms with E-state index >= 15 is 0 Å². The molecule has 0 aliphatic carbocycles. The molecule has 0 aliphatic rings. The van der Waals surface area contributed by atoms with Crippen molar-refractivity contribution in [3.63, 3.8) is 0 Å². The topological polar surface area (TPSA) is 64.3 Å². The number of thiophene rings is 1. The third-order valence-corrected chi connectivity index (χ3v) is 4.22. The second-order valence-electron chi connectivity index (χ2n) is 4.18. The maximum atomic E-state index is 11.7. The summed E-state index contributed by atoms with van der Waals surface area (Å²) in [6.45, 7) is 0.584. The van der Waals surface area contributed by atoms with Gasteiger partial charge in [0.2, 0.25) is 5.91 Å². The number of halogens is 1. The lowest BCUT2D eigenvalue weighted by Crippen LogP contribution is -2.33. The van der Waals surface area contributed by atoms with Crippen molar-refractivity contribution in [2.24, 2.45) is 5.73 Å². The summed E-state index contributed by atoms with van der Waals surface area (Å²) in [5.74, 6) is 0.202. The van der Waals surface area contributed by atoms with Crippen LogP contribution in [0.2, 0.25) is 0 Å². The first-order chi connectivity index (χ1) is 9.61. The van der Waals surface area contributed by atoms with Crippen molar-refractivity contribution >= 4 is 33.2 Å². The van der Waals surface area contributed by atoms with E-state index in [0.717, 1.165) is 14.9 Å². The molecule has 3 N–H and O–H groups in total. The zero-order valence-corrected chi connectivity index (χ0v) is 13.3. The molecule has 0 saturated carbocycles. The molecule has 4 nitrogen and oxygen atoms in total. The Morgan fingerprint density at radius 3 is 2.90 bits per heavy atom. The molecule has 1 aromatic heterocycles. The Bertz CT molecular complexity index is 587. The summed E-state index contributed by atoms with van der Waals surface area (Å²) in [7, 11) is 1.57. The number of carbonyl (C=O) groups excluding carboxylic acids is 1. The highest BCUT2D eigenvalue weighted by Gasteiger charge is 2.21. The van der Waals surface area contributed by atoms with E-state index in [4.69, 9.17) is 10.5 Å². The number of primary amides is 1. The van der Waals surface area contributed by atoms with Gasteiger partial charge in [0, 0.05) is 21.5 Å². The Labute approximate surface area is 130 Å². The predicted molar refractivity (Wildman–Crippen MR) is 83.8 cm³/mol. The average Bonchev–Trinajstić information content (AvgIpc) is 2.92. The summed E-state index contributed by atoms with van der Waals surface area (Å²) >= 11 is 5.03. The molecule has 6 heteroatoms. The summed E-state index contributed by atoms with van der Waals surface area (Å²) in [6, 6.07) is 8.90. The fourth-order valence-electron chi connectivity index (χ4n) is 1.91. The molecule has 2 aromatic rings. The molecule has 106 valence electrons. The largest absolute Gasteiger partial charge is 0.496 e. The minimum atomic E-state index is -0.593. The molecule has 2 rings (SSSR count). The van der Waals surface area contributed by atoms with Gasteiger partial charge in [-0.05, 0) is 29.6 Å². The van der Waals surface area contributed by atoms with Crippen molar-refractivity contribution in [2.75, 3.05) is 7.11 Å². The smallest absolute Gasteiger partial charge is 0.239 e. The SMILES string of the molecule is COc1ccc(Br)cc1C(NCc1cccs1)C(N)=O. The molecule has 0 fully saturated rings. The Kier molecular flexibility index (Phi) is 5.17. The van der Waals surface area contributed by atoms with E-state index in [2.05, 4.69) is 21.2 Å². The Morgan fingerprint density at radius 2 is 2.30 bits per heavy atom. The van der Waals surface area contributed by atoms with Gasteiger partial charge in [-0.2, -0.15) is 0 Å². The number of ether oxygens (including phenoxy) is 1. The fraction of sp³-hybridized carbons (Fsp3) is 0.214. The predicted octanol–water partition coefficient (Wildman–Crippen LogP) is 2.84. The second-order valence-corrected chi connectivity index (χ2v) is 6.13. The van der Waals surface area contributed by atoms with Crippen LogP contribution in [0.25, 0.3) is 0 Å². The van der Waals surface area contributed by atoms with E-state index < -0.39 is 11.9 Å². The lowest BCUT2D eigenvalue weighted by atomic mass is 10.1. The molecular weight excluding hydrogens is 340 g/mol. The first-order valence-corrected chi connectivity index (χ1v) is 7.67. The molecule has 0 radical (unpaired) electrons. The van der Waals surface area contributed by atoms with Crippen molar-refractivity contribution in [1.82, 2.24) is 5.32 Å². The van der Waals surface area contributed by atoms with Crippen molar-refractivity contribution in [3.05, 3.63) is 50.6 Å². The highest BCUT2D eigenvalue weighted by Crippen LogP contribution is 2.28. The van der Waals surface area contributed by atoms with Gasteiger partial charge in [0.15, 0.2) is 0 Å². The average molecular weight is 355 g/mol. The Morgan fingerprint density at radius 1 is 1.50 bits per heavy atom. The number of nitrogens with two attached hydrogens (primary N) is 1. The summed E-state index contributed by atoms with van der Waals surface area (Å²) in [5.41, 5.74) is 6.24. The van der Waals surface area contributed by atoms with Gasteiger partial charge < -0.3 is 10.5 Å². The van der Waals surface area contributed by atoms with E-state index in [1.165, 1.54) is 0 Å². The van der Waals surface area contributed by atoms with Gasteiger partial charge in [-0.1, -0.05) is 22.0 Å². The van der Waals surface area contributed by atoms with E-state index in [1.807, 2.05) is 35.7 Å². The zero-order chi connectivity index (χ0) is 14.5. The van der Waals surface area contributed by atoms with Crippen LogP contribution in [0.5, 0.6) is 5.75 Å². The normalized spacial score (nSPS) is 12.1. The molecule has 1 unspecified atom stereocenters. The van der Waals surface area contributed by atoms with Gasteiger partial charge in [-0.15, -0.1) is 11.3 Å². The van der Waals surface area contributed by atoms with Crippen LogP contribution in [0.4, 0.5) is 0 Å². The molecule has 20 heavy (non-hydrogen) atoms. The molecule has 1 aromatic carbocycles. The summed E-state index contributed by atoms with van der Waals surface area (Å²) in [6.07, 6.45) is 0. The van der Waals surface area contributed by atoms with Crippen LogP contribution in [0.3, 0.4) is 0 Å². The fourth-order valence-corrected chi connectivity index (χ4v) is 2.94. The summed E-state index contributed by atoms with van der Waals surface area (Å²) in [5, 5.41) is 5.17. The number of hydrogen-bond donors (Lipinski definition) is 2. The standard InChI is InChI=1S/C14H15BrN2O2S/c1-19-12-5-4-9(15)7-11(12)13(14(16)18)17-8-10-3-2-6-20-10/h2-7,13,17H,8H2,1H3,(H2,16,18). The molecule has 1 heterocycles. The Hall–Kier alpha value is -1.37. The van der Waals surface area contributed by atoms with E-state index in [-0.39, 0.29) is 0 Å². The maximum Gasteiger partial charge on any atom is 0.239 e. The van der Waals surface area contributed by atoms with Gasteiger partial charge in [-0.3, -0.25) is 10.1 Å². The van der Waals surface area contributed by atoms with Crippen LogP contribution in [0.1, 0.15) is 16.5 Å². The third kappa shape index (κ3) is 3.59. The number of hydrogen-bond acceptors (Lipinski definition) is 4. The van der Waals surface area contributed by atoms with Crippen LogP contribution in [-0.4, -0.2) is 13.0 Å². The second kappa shape index (κ2) is 6.88. The van der Waals surface area contributed by atoms with Gasteiger partial charge in [-0.25, -0.2) is 0 Å². The van der Waals surface area contributed by atoms with Crippen LogP contribution >= 0.6 is 27.3 Å². The molecule has 1 atom stereocenters. The van der Waals surface area contributed by atoms with Crippen molar-refractivity contribution in [3.8, 4) is 5.75 Å². The molecule has 0 spiro atoms. The van der Waals surface area contributed by atoms with Crippen LogP contribution < -0.4 is 15.8 Å². The maximum absolute atomic E-state index is 11.7. The number of carbonyl (C=O) groups is 1. The monoisotopic (exact) mass is 354 g/mol. The molecule has 0 aliphatic heterocycles. The van der Waals surface area contributed by atoms with Crippen LogP contribution in [0.15, 0.2) is 40.2 Å². The third-order valence-electron chi connectivity index (χ3n) is 2.85. The minimum absolute atomic E-state index is 0.432. The molecule has 1 amide bonds. The molecule has 0 bridgehead atoms. The van der Waals surface area contributed by atoms with Crippen LogP contribution in [-0.2, 0) is 11.3 Å². The van der Waals surface area contributed by atoms with Crippen LogP contribution in [0, 0.1) is 0 Å². The van der Waals surface area contributed by atoms with Gasteiger partial charge >= 0.3 is 0 Å². The number of benzene rings is 1. The molecular formula is C14H15BrN2O2S. The number of amides is 1. The van der Waals surface area contributed by atoms with Gasteiger partial charge in [0.25, 0.3) is 0 Å². The quantitative estimate of drug-likeness (QED) is 0.838. The lowest BCUT2D eigenvalue weighted by molar-refractivity contribution is -0.120. The Balaban J connectivity index is 2.24. The first kappa shape index (κ1) is 15.0. The highest BCUT2D eigenvalue weighted by molar-refractivity contribution is 9.10. The minimum Gasteiger partial charge on any atom is -0.496 e. The van der Waals surface area contributed by atoms with Gasteiger partial charge in [0.1, 0.15) is 11.8 Å². The van der Waals surface area contributed by atoms with Crippen molar-refractivity contribution < 1.29 is 9.53 Å². The first-order valence-electron chi connectivity index (χ1n) is 6.00. The zero-order valence-electron chi connectivity index (χ0n) is 10.9. The highest BCUT2D eigenvalue weighted by atomic mass is 79.9. The van der Waals surface area contributed by atoms with Gasteiger partial charge in [0.05, 0.1) is 7.11 Å². The van der Waals surface area contributed by atoms with E-state index in [1.54, 1.807) is 18.4 Å². The summed E-state index contributed by atoms with van der Waals surface area (Å²) in [4.78, 5) is 12.9. The number of nitrogens with one attached hydrogen (secondary N) is 1. The van der Waals surface area contributed by atoms with Crippen molar-refractivity contribution in [1.29, 1.82) is 0 Å². The number of rotatable bonds is 6. The van der Waals surface area contributed by atoms with E-state index in [9.17, 15) is 4.79 Å². The lowest BCUT2D eigenvalue weighted by Gasteiger charge is -2.18. The number of methoxy groups -OCH3 is 1. The van der Waals surface area contributed by atoms with Crippen molar-refractivity contribution in [2.45, 2.75) is 12.6 Å².